The molecule has 0 aromatic heterocycles. The highest BCUT2D eigenvalue weighted by molar-refractivity contribution is 6.24. The molecule has 0 radical (unpaired) electrons. The molecular weight excluding hydrogens is 464 g/mol. The first-order valence-corrected chi connectivity index (χ1v) is 12.4. The summed E-state index contributed by atoms with van der Waals surface area (Å²) in [5.74, 6) is -5.72. The number of Topliss-reactive ketones (excluding diaryl/α,β-unsaturated/α-hetero) is 2. The number of aliphatic hydroxyl groups is 3. The number of hydrogen-bond acceptors (Lipinski definition) is 8. The monoisotopic (exact) mass is 498 g/mol. The normalized spacial score (nSPS) is 27.7. The fraction of sp³-hybridized carbons (Fsp3) is 0.519. The van der Waals surface area contributed by atoms with Gasteiger partial charge in [-0.3, -0.25) is 19.3 Å². The maximum absolute atomic E-state index is 13.9. The molecule has 4 unspecified atom stereocenters. The quantitative estimate of drug-likeness (QED) is 0.295. The summed E-state index contributed by atoms with van der Waals surface area (Å²) in [7, 11) is 4.50. The second-order valence-corrected chi connectivity index (χ2v) is 10.2. The average molecular weight is 499 g/mol. The SMILES string of the molecule is CCCCCc1ccc(O)c2c1CC1CC3C(N(C)C)C(=O)C(C(=O)NC)=C(O)C3(O)C(=O)C1=C2O. The van der Waals surface area contributed by atoms with Crippen molar-refractivity contribution in [3.63, 3.8) is 0 Å². The van der Waals surface area contributed by atoms with Crippen LogP contribution in [0.25, 0.3) is 5.76 Å². The minimum absolute atomic E-state index is 0.100. The van der Waals surface area contributed by atoms with Crippen molar-refractivity contribution < 1.29 is 34.8 Å². The zero-order valence-corrected chi connectivity index (χ0v) is 21.1. The molecule has 4 atom stereocenters. The number of fused-ring (bicyclic) bond motifs is 3. The standard InChI is InChI=1S/C27H34N2O7/c1-5-6-7-8-13-9-10-17(30)19-15(13)11-14-12-16-21(29(3)4)23(32)20(26(35)28-2)25(34)27(16,36)24(33)18(14)22(19)31/h9-10,14,16,21,30-31,34,36H,5-8,11-12H2,1-4H3,(H,28,35). The van der Waals surface area contributed by atoms with E-state index in [1.807, 2.05) is 6.07 Å². The van der Waals surface area contributed by atoms with Crippen molar-refractivity contribution in [1.29, 1.82) is 0 Å². The summed E-state index contributed by atoms with van der Waals surface area (Å²) in [5, 5.41) is 46.9. The highest BCUT2D eigenvalue weighted by atomic mass is 16.3. The summed E-state index contributed by atoms with van der Waals surface area (Å²) in [5.41, 5.74) is -1.45. The largest absolute Gasteiger partial charge is 0.508 e. The van der Waals surface area contributed by atoms with E-state index in [0.717, 1.165) is 36.8 Å². The predicted octanol–water partition coefficient (Wildman–Crippen LogP) is 1.96. The number of nitrogens with zero attached hydrogens (tertiary/aromatic N) is 1. The molecule has 1 amide bonds. The predicted molar refractivity (Wildman–Crippen MR) is 132 cm³/mol. The number of likely N-dealkylation sites (N-methyl/N-ethyl adjacent to an activating group) is 2. The third-order valence-electron chi connectivity index (χ3n) is 7.96. The van der Waals surface area contributed by atoms with E-state index in [1.165, 1.54) is 18.0 Å². The zero-order valence-electron chi connectivity index (χ0n) is 21.1. The molecule has 1 fully saturated rings. The van der Waals surface area contributed by atoms with Crippen LogP contribution in [-0.4, -0.2) is 75.6 Å². The number of unbranched alkanes of at least 4 members (excludes halogenated alkanes) is 2. The number of aliphatic hydroxyl groups excluding tert-OH is 2. The molecule has 0 bridgehead atoms. The number of carbonyl (C=O) groups excluding carboxylic acids is 3. The van der Waals surface area contributed by atoms with Gasteiger partial charge in [0.2, 0.25) is 5.78 Å². The van der Waals surface area contributed by atoms with Gasteiger partial charge in [-0.2, -0.15) is 0 Å². The van der Waals surface area contributed by atoms with Crippen molar-refractivity contribution >= 4 is 23.2 Å². The van der Waals surface area contributed by atoms with Crippen LogP contribution in [0.4, 0.5) is 0 Å². The van der Waals surface area contributed by atoms with Crippen LogP contribution in [0.1, 0.15) is 49.3 Å². The van der Waals surface area contributed by atoms with Crippen molar-refractivity contribution in [3.05, 3.63) is 45.7 Å². The van der Waals surface area contributed by atoms with Gasteiger partial charge < -0.3 is 25.7 Å². The minimum Gasteiger partial charge on any atom is -0.508 e. The Hall–Kier alpha value is -3.17. The molecule has 5 N–H and O–H groups in total. The number of amides is 1. The molecular formula is C27H34N2O7. The van der Waals surface area contributed by atoms with Gasteiger partial charge in [0.25, 0.3) is 5.91 Å². The lowest BCUT2D eigenvalue weighted by Gasteiger charge is -2.50. The number of rotatable bonds is 6. The van der Waals surface area contributed by atoms with E-state index in [1.54, 1.807) is 14.1 Å². The van der Waals surface area contributed by atoms with Gasteiger partial charge in [-0.25, -0.2) is 0 Å². The molecule has 0 heterocycles. The zero-order chi connectivity index (χ0) is 26.5. The number of phenols is 1. The Bertz CT molecular complexity index is 1200. The molecule has 1 aromatic carbocycles. The van der Waals surface area contributed by atoms with E-state index in [0.29, 0.717) is 6.42 Å². The van der Waals surface area contributed by atoms with Crippen molar-refractivity contribution in [2.45, 2.75) is 57.1 Å². The molecule has 1 saturated carbocycles. The fourth-order valence-corrected chi connectivity index (χ4v) is 6.21. The van der Waals surface area contributed by atoms with Crippen LogP contribution in [0.2, 0.25) is 0 Å². The molecule has 1 aromatic rings. The van der Waals surface area contributed by atoms with Crippen molar-refractivity contribution in [2.24, 2.45) is 11.8 Å². The van der Waals surface area contributed by atoms with Gasteiger partial charge in [0, 0.05) is 18.5 Å². The lowest BCUT2D eigenvalue weighted by atomic mass is 9.57. The van der Waals surface area contributed by atoms with Gasteiger partial charge in [0.05, 0.1) is 11.6 Å². The molecule has 3 aliphatic rings. The first-order chi connectivity index (χ1) is 17.0. The summed E-state index contributed by atoms with van der Waals surface area (Å²) in [6.07, 6.45) is 4.22. The Morgan fingerprint density at radius 3 is 2.47 bits per heavy atom. The Morgan fingerprint density at radius 2 is 1.86 bits per heavy atom. The third-order valence-corrected chi connectivity index (χ3v) is 7.96. The van der Waals surface area contributed by atoms with E-state index in [2.05, 4.69) is 12.2 Å². The maximum atomic E-state index is 13.9. The summed E-state index contributed by atoms with van der Waals surface area (Å²) in [6, 6.07) is 2.28. The first kappa shape index (κ1) is 25.9. The van der Waals surface area contributed by atoms with Gasteiger partial charge in [0.1, 0.15) is 22.8 Å². The van der Waals surface area contributed by atoms with Gasteiger partial charge in [-0.1, -0.05) is 25.8 Å². The van der Waals surface area contributed by atoms with Crippen LogP contribution in [-0.2, 0) is 27.2 Å². The molecule has 9 nitrogen and oxygen atoms in total. The van der Waals surface area contributed by atoms with Gasteiger partial charge in [-0.15, -0.1) is 0 Å². The fourth-order valence-electron chi connectivity index (χ4n) is 6.21. The topological polar surface area (TPSA) is 147 Å². The Morgan fingerprint density at radius 1 is 1.17 bits per heavy atom. The Balaban J connectivity index is 1.91. The highest BCUT2D eigenvalue weighted by Crippen LogP contribution is 2.53. The molecule has 0 saturated heterocycles. The molecule has 0 aliphatic heterocycles. The number of nitrogens with one attached hydrogen (secondary N) is 1. The molecule has 4 rings (SSSR count). The van der Waals surface area contributed by atoms with Gasteiger partial charge in [0.15, 0.2) is 11.4 Å². The number of ketones is 2. The molecule has 0 spiro atoms. The van der Waals surface area contributed by atoms with Crippen LogP contribution in [0.15, 0.2) is 29.0 Å². The lowest BCUT2D eigenvalue weighted by Crippen LogP contribution is -2.65. The first-order valence-electron chi connectivity index (χ1n) is 12.4. The smallest absolute Gasteiger partial charge is 0.258 e. The van der Waals surface area contributed by atoms with Crippen molar-refractivity contribution in [3.8, 4) is 5.75 Å². The number of aryl methyl sites for hydroxylation is 1. The summed E-state index contributed by atoms with van der Waals surface area (Å²) in [6.45, 7) is 2.11. The van der Waals surface area contributed by atoms with Crippen LogP contribution < -0.4 is 5.32 Å². The van der Waals surface area contributed by atoms with E-state index in [4.69, 9.17) is 0 Å². The van der Waals surface area contributed by atoms with Crippen molar-refractivity contribution in [2.75, 3.05) is 21.1 Å². The second kappa shape index (κ2) is 9.37. The number of benzene rings is 1. The van der Waals surface area contributed by atoms with Crippen molar-refractivity contribution in [1.82, 2.24) is 10.2 Å². The minimum atomic E-state index is -2.57. The van der Waals surface area contributed by atoms with E-state index < -0.39 is 58.0 Å². The number of aromatic hydroxyl groups is 1. The Kier molecular flexibility index (Phi) is 6.74. The summed E-state index contributed by atoms with van der Waals surface area (Å²) in [4.78, 5) is 41.2. The van der Waals surface area contributed by atoms with Crippen LogP contribution in [0.5, 0.6) is 5.75 Å². The molecule has 36 heavy (non-hydrogen) atoms. The van der Waals surface area contributed by atoms with E-state index in [9.17, 15) is 34.8 Å². The van der Waals surface area contributed by atoms with Crippen LogP contribution in [0, 0.1) is 11.8 Å². The number of carbonyl (C=O) groups is 3. The van der Waals surface area contributed by atoms with E-state index in [-0.39, 0.29) is 23.3 Å². The number of phenolic OH excluding ortho intramolecular Hbond substituents is 1. The van der Waals surface area contributed by atoms with Crippen LogP contribution >= 0.6 is 0 Å². The van der Waals surface area contributed by atoms with Gasteiger partial charge in [-0.05, 0) is 62.9 Å². The van der Waals surface area contributed by atoms with E-state index >= 15 is 0 Å². The maximum Gasteiger partial charge on any atom is 0.258 e. The molecule has 9 heteroatoms. The van der Waals surface area contributed by atoms with Gasteiger partial charge >= 0.3 is 0 Å². The Labute approximate surface area is 210 Å². The highest BCUT2D eigenvalue weighted by Gasteiger charge is 2.64. The third kappa shape index (κ3) is 3.64. The second-order valence-electron chi connectivity index (χ2n) is 10.2. The molecule has 194 valence electrons. The number of hydrogen-bond donors (Lipinski definition) is 5. The summed E-state index contributed by atoms with van der Waals surface area (Å²) < 4.78 is 0. The summed E-state index contributed by atoms with van der Waals surface area (Å²) >= 11 is 0. The van der Waals surface area contributed by atoms with Crippen LogP contribution in [0.3, 0.4) is 0 Å². The molecule has 3 aliphatic carbocycles. The lowest BCUT2D eigenvalue weighted by molar-refractivity contribution is -0.153. The average Bonchev–Trinajstić information content (AvgIpc) is 2.82.